The van der Waals surface area contributed by atoms with Crippen molar-refractivity contribution >= 4 is 40.7 Å². The zero-order valence-corrected chi connectivity index (χ0v) is 15.8. The van der Waals surface area contributed by atoms with Gasteiger partial charge in [-0.2, -0.15) is 0 Å². The molecule has 2 N–H and O–H groups in total. The molecule has 0 spiro atoms. The Morgan fingerprint density at radius 1 is 1.00 bits per heavy atom. The van der Waals surface area contributed by atoms with Crippen molar-refractivity contribution in [3.63, 3.8) is 0 Å². The van der Waals surface area contributed by atoms with E-state index >= 15 is 0 Å². The average Bonchev–Trinajstić information content (AvgIpc) is 2.56. The number of anilines is 1. The molecule has 132 valence electrons. The fraction of sp³-hybridized carbons (Fsp3) is 0.263. The van der Waals surface area contributed by atoms with Crippen molar-refractivity contribution in [2.75, 3.05) is 5.32 Å². The van der Waals surface area contributed by atoms with Crippen LogP contribution in [-0.2, 0) is 4.79 Å². The summed E-state index contributed by atoms with van der Waals surface area (Å²) in [6.45, 7) is 5.67. The van der Waals surface area contributed by atoms with Gasteiger partial charge in [0.25, 0.3) is 5.91 Å². The molecule has 0 aliphatic rings. The largest absolute Gasteiger partial charge is 0.340 e. The van der Waals surface area contributed by atoms with Gasteiger partial charge in [-0.15, -0.1) is 0 Å². The van der Waals surface area contributed by atoms with Gasteiger partial charge in [-0.05, 0) is 43.2 Å². The van der Waals surface area contributed by atoms with E-state index in [9.17, 15) is 9.59 Å². The fourth-order valence-electron chi connectivity index (χ4n) is 2.27. The highest BCUT2D eigenvalue weighted by Gasteiger charge is 2.25. The molecule has 0 aliphatic carbocycles. The maximum atomic E-state index is 12.6. The lowest BCUT2D eigenvalue weighted by Crippen LogP contribution is -2.47. The molecule has 2 amide bonds. The zero-order valence-electron chi connectivity index (χ0n) is 14.3. The van der Waals surface area contributed by atoms with Crippen LogP contribution in [0.25, 0.3) is 0 Å². The van der Waals surface area contributed by atoms with Gasteiger partial charge in [0.15, 0.2) is 0 Å². The van der Waals surface area contributed by atoms with E-state index in [0.29, 0.717) is 21.3 Å². The summed E-state index contributed by atoms with van der Waals surface area (Å²) in [4.78, 5) is 25.0. The van der Waals surface area contributed by atoms with Crippen LogP contribution < -0.4 is 10.6 Å². The smallest absolute Gasteiger partial charge is 0.251 e. The molecular formula is C19H20Cl2N2O2. The van der Waals surface area contributed by atoms with Gasteiger partial charge in [-0.25, -0.2) is 0 Å². The Bertz CT molecular complexity index is 773. The van der Waals surface area contributed by atoms with Crippen molar-refractivity contribution in [1.29, 1.82) is 0 Å². The van der Waals surface area contributed by atoms with E-state index in [1.165, 1.54) is 0 Å². The first-order chi connectivity index (χ1) is 11.8. The monoisotopic (exact) mass is 378 g/mol. The third-order valence-electron chi connectivity index (χ3n) is 3.74. The highest BCUT2D eigenvalue weighted by molar-refractivity contribution is 6.35. The van der Waals surface area contributed by atoms with Crippen molar-refractivity contribution in [1.82, 2.24) is 5.32 Å². The van der Waals surface area contributed by atoms with Crippen molar-refractivity contribution in [2.24, 2.45) is 5.92 Å². The zero-order chi connectivity index (χ0) is 18.6. The molecule has 0 saturated heterocycles. The van der Waals surface area contributed by atoms with Gasteiger partial charge in [0.2, 0.25) is 5.91 Å². The maximum Gasteiger partial charge on any atom is 0.251 e. The van der Waals surface area contributed by atoms with Crippen molar-refractivity contribution in [2.45, 2.75) is 26.8 Å². The Hall–Kier alpha value is -2.04. The minimum absolute atomic E-state index is 0.104. The van der Waals surface area contributed by atoms with Gasteiger partial charge in [-0.3, -0.25) is 9.59 Å². The number of hydrogen-bond acceptors (Lipinski definition) is 2. The first-order valence-electron chi connectivity index (χ1n) is 7.91. The van der Waals surface area contributed by atoms with Crippen molar-refractivity contribution in [3.8, 4) is 0 Å². The second-order valence-corrected chi connectivity index (χ2v) is 7.02. The Balaban J connectivity index is 2.14. The lowest BCUT2D eigenvalue weighted by Gasteiger charge is -2.22. The van der Waals surface area contributed by atoms with Crippen molar-refractivity contribution in [3.05, 3.63) is 63.6 Å². The van der Waals surface area contributed by atoms with Gasteiger partial charge in [-0.1, -0.05) is 54.7 Å². The lowest BCUT2D eigenvalue weighted by molar-refractivity contribution is -0.118. The molecule has 0 fully saturated rings. The molecular weight excluding hydrogens is 359 g/mol. The van der Waals surface area contributed by atoms with Crippen LogP contribution in [0, 0.1) is 12.8 Å². The van der Waals surface area contributed by atoms with Gasteiger partial charge in [0, 0.05) is 10.6 Å². The van der Waals surface area contributed by atoms with Gasteiger partial charge in [0.05, 0.1) is 10.7 Å². The SMILES string of the molecule is Cc1ccc(C(=O)N[C@H](C(=O)Nc2cc(Cl)ccc2Cl)C(C)C)cc1. The molecule has 25 heavy (non-hydrogen) atoms. The van der Waals surface area contributed by atoms with Crippen LogP contribution in [0.15, 0.2) is 42.5 Å². The molecule has 2 aromatic rings. The predicted molar refractivity (Wildman–Crippen MR) is 102 cm³/mol. The lowest BCUT2D eigenvalue weighted by atomic mass is 10.0. The normalized spacial score (nSPS) is 11.9. The van der Waals surface area contributed by atoms with Gasteiger partial charge in [0.1, 0.15) is 6.04 Å². The maximum absolute atomic E-state index is 12.6. The molecule has 0 unspecified atom stereocenters. The summed E-state index contributed by atoms with van der Waals surface area (Å²) in [6.07, 6.45) is 0. The van der Waals surface area contributed by atoms with Crippen LogP contribution >= 0.6 is 23.2 Å². The molecule has 2 aromatic carbocycles. The summed E-state index contributed by atoms with van der Waals surface area (Å²) in [6, 6.07) is 11.3. The molecule has 1 atom stereocenters. The van der Waals surface area contributed by atoms with Crippen LogP contribution in [0.2, 0.25) is 10.0 Å². The number of hydrogen-bond donors (Lipinski definition) is 2. The Morgan fingerprint density at radius 2 is 1.64 bits per heavy atom. The third kappa shape index (κ3) is 5.21. The van der Waals surface area contributed by atoms with Crippen LogP contribution in [-0.4, -0.2) is 17.9 Å². The predicted octanol–water partition coefficient (Wildman–Crippen LogP) is 4.69. The summed E-state index contributed by atoms with van der Waals surface area (Å²) in [5.74, 6) is -0.752. The van der Waals surface area contributed by atoms with E-state index in [-0.39, 0.29) is 17.7 Å². The third-order valence-corrected chi connectivity index (χ3v) is 4.30. The molecule has 0 aromatic heterocycles. The summed E-state index contributed by atoms with van der Waals surface area (Å²) in [5, 5.41) is 6.35. The van der Waals surface area contributed by atoms with Crippen molar-refractivity contribution < 1.29 is 9.59 Å². The quantitative estimate of drug-likeness (QED) is 0.792. The number of carbonyl (C=O) groups is 2. The minimum atomic E-state index is -0.705. The second-order valence-electron chi connectivity index (χ2n) is 6.17. The number of nitrogens with one attached hydrogen (secondary N) is 2. The average molecular weight is 379 g/mol. The van der Waals surface area contributed by atoms with E-state index < -0.39 is 6.04 Å². The molecule has 4 nitrogen and oxygen atoms in total. The Kier molecular flexibility index (Phi) is 6.45. The van der Waals surface area contributed by atoms with E-state index in [0.717, 1.165) is 5.56 Å². The topological polar surface area (TPSA) is 58.2 Å². The van der Waals surface area contributed by atoms with Crippen LogP contribution in [0.1, 0.15) is 29.8 Å². The van der Waals surface area contributed by atoms with Crippen LogP contribution in [0.4, 0.5) is 5.69 Å². The number of halogens is 2. The van der Waals surface area contributed by atoms with E-state index in [1.807, 2.05) is 32.9 Å². The summed E-state index contributed by atoms with van der Waals surface area (Å²) >= 11 is 12.0. The van der Waals surface area contributed by atoms with E-state index in [2.05, 4.69) is 10.6 Å². The number of aryl methyl sites for hydroxylation is 1. The molecule has 2 rings (SSSR count). The summed E-state index contributed by atoms with van der Waals surface area (Å²) in [5.41, 5.74) is 1.98. The Morgan fingerprint density at radius 3 is 2.24 bits per heavy atom. The fourth-order valence-corrected chi connectivity index (χ4v) is 2.61. The standard InChI is InChI=1S/C19H20Cl2N2O2/c1-11(2)17(23-18(24)13-6-4-12(3)5-7-13)19(25)22-16-10-14(20)8-9-15(16)21/h4-11,17H,1-3H3,(H,22,25)(H,23,24)/t17-/m0/s1. The van der Waals surface area contributed by atoms with Crippen LogP contribution in [0.5, 0.6) is 0 Å². The van der Waals surface area contributed by atoms with Gasteiger partial charge < -0.3 is 10.6 Å². The number of amides is 2. The molecule has 0 radical (unpaired) electrons. The highest BCUT2D eigenvalue weighted by Crippen LogP contribution is 2.25. The number of carbonyl (C=O) groups excluding carboxylic acids is 2. The molecule has 0 saturated carbocycles. The molecule has 0 aliphatic heterocycles. The van der Waals surface area contributed by atoms with Crippen LogP contribution in [0.3, 0.4) is 0 Å². The number of benzene rings is 2. The van der Waals surface area contributed by atoms with E-state index in [1.54, 1.807) is 30.3 Å². The highest BCUT2D eigenvalue weighted by atomic mass is 35.5. The molecule has 0 heterocycles. The minimum Gasteiger partial charge on any atom is -0.340 e. The van der Waals surface area contributed by atoms with Gasteiger partial charge >= 0.3 is 0 Å². The molecule has 6 heteroatoms. The second kappa shape index (κ2) is 8.37. The first-order valence-corrected chi connectivity index (χ1v) is 8.67. The summed E-state index contributed by atoms with van der Waals surface area (Å²) < 4.78 is 0. The number of rotatable bonds is 5. The first kappa shape index (κ1) is 19.3. The Labute approximate surface area is 157 Å². The van der Waals surface area contributed by atoms with E-state index in [4.69, 9.17) is 23.2 Å². The summed E-state index contributed by atoms with van der Waals surface area (Å²) in [7, 11) is 0. The molecule has 0 bridgehead atoms.